The maximum Gasteiger partial charge on any atom is 0.291 e. The van der Waals surface area contributed by atoms with Crippen LogP contribution < -0.4 is 9.62 Å². The molecule has 2 atom stereocenters. The van der Waals surface area contributed by atoms with Crippen LogP contribution >= 0.6 is 11.3 Å². The number of rotatable bonds is 7. The second kappa shape index (κ2) is 9.61. The summed E-state index contributed by atoms with van der Waals surface area (Å²) in [5, 5.41) is 17.5. The summed E-state index contributed by atoms with van der Waals surface area (Å²) in [6, 6.07) is 6.13. The maximum absolute atomic E-state index is 15.1. The summed E-state index contributed by atoms with van der Waals surface area (Å²) in [7, 11) is -0.426. The molecule has 1 aromatic carbocycles. The SMILES string of the molecule is CN(C)C1CCN(c2ncnc3c2c2ccc(S(=O)(=O)NC4(C#N)CC4)cc2n3-c2nnc(C(F)F)s2)C[C@@H]1F. The Morgan fingerprint density at radius 2 is 2.02 bits per heavy atom. The van der Waals surface area contributed by atoms with Gasteiger partial charge in [-0.15, -0.1) is 10.2 Å². The topological polar surface area (TPSA) is 133 Å². The van der Waals surface area contributed by atoms with Gasteiger partial charge in [0.15, 0.2) is 10.7 Å². The van der Waals surface area contributed by atoms with E-state index in [0.717, 1.165) is 0 Å². The molecule has 0 spiro atoms. The van der Waals surface area contributed by atoms with Crippen molar-refractivity contribution in [3.63, 3.8) is 0 Å². The van der Waals surface area contributed by atoms with Crippen molar-refractivity contribution in [2.24, 2.45) is 0 Å². The Morgan fingerprint density at radius 1 is 1.25 bits per heavy atom. The van der Waals surface area contributed by atoms with E-state index in [9.17, 15) is 22.5 Å². The highest BCUT2D eigenvalue weighted by Crippen LogP contribution is 2.40. The summed E-state index contributed by atoms with van der Waals surface area (Å²) in [5.74, 6) is 0.447. The monoisotopic (exact) mass is 591 g/mol. The zero-order valence-electron chi connectivity index (χ0n) is 21.4. The van der Waals surface area contributed by atoms with Crippen LogP contribution in [0.4, 0.5) is 19.0 Å². The molecule has 0 amide bonds. The Hall–Kier alpha value is -3.39. The number of nitrogens with one attached hydrogen (secondary N) is 1. The largest absolute Gasteiger partial charge is 0.353 e. The normalized spacial score (nSPS) is 21.0. The highest BCUT2D eigenvalue weighted by Gasteiger charge is 2.47. The lowest BCUT2D eigenvalue weighted by atomic mass is 10.0. The first-order valence-corrected chi connectivity index (χ1v) is 14.8. The number of anilines is 1. The molecular weight excluding hydrogens is 567 g/mol. The van der Waals surface area contributed by atoms with Crippen molar-refractivity contribution in [1.82, 2.24) is 34.4 Å². The second-order valence-electron chi connectivity index (χ2n) is 10.2. The highest BCUT2D eigenvalue weighted by molar-refractivity contribution is 7.89. The summed E-state index contributed by atoms with van der Waals surface area (Å²) in [4.78, 5) is 12.4. The van der Waals surface area contributed by atoms with E-state index in [0.29, 0.717) is 64.9 Å². The lowest BCUT2D eigenvalue weighted by Gasteiger charge is -2.38. The van der Waals surface area contributed by atoms with Gasteiger partial charge < -0.3 is 9.80 Å². The average Bonchev–Trinajstić information content (AvgIpc) is 3.36. The van der Waals surface area contributed by atoms with Crippen molar-refractivity contribution < 1.29 is 21.6 Å². The van der Waals surface area contributed by atoms with Gasteiger partial charge in [-0.05, 0) is 45.5 Å². The molecule has 6 rings (SSSR count). The number of benzene rings is 1. The number of alkyl halides is 3. The van der Waals surface area contributed by atoms with Crippen LogP contribution in [0.15, 0.2) is 29.4 Å². The van der Waals surface area contributed by atoms with Gasteiger partial charge in [0.1, 0.15) is 23.9 Å². The Balaban J connectivity index is 1.54. The minimum absolute atomic E-state index is 0.0628. The molecule has 1 N–H and O–H groups in total. The number of aromatic nitrogens is 5. The number of hydrogen-bond donors (Lipinski definition) is 1. The van der Waals surface area contributed by atoms with Gasteiger partial charge in [0.25, 0.3) is 6.43 Å². The predicted octanol–water partition coefficient (Wildman–Crippen LogP) is 3.18. The van der Waals surface area contributed by atoms with Crippen molar-refractivity contribution in [2.45, 2.75) is 48.3 Å². The molecule has 1 unspecified atom stereocenters. The molecule has 2 aliphatic rings. The quantitative estimate of drug-likeness (QED) is 0.344. The third-order valence-electron chi connectivity index (χ3n) is 7.38. The third-order valence-corrected chi connectivity index (χ3v) is 9.83. The Labute approximate surface area is 231 Å². The maximum atomic E-state index is 15.1. The summed E-state index contributed by atoms with van der Waals surface area (Å²) in [6.07, 6.45) is -1.31. The van der Waals surface area contributed by atoms with Gasteiger partial charge >= 0.3 is 0 Å². The van der Waals surface area contributed by atoms with Crippen LogP contribution in [0, 0.1) is 11.3 Å². The molecule has 2 fully saturated rings. The molecule has 1 saturated carbocycles. The van der Waals surface area contributed by atoms with Crippen LogP contribution in [0.2, 0.25) is 0 Å². The number of halogens is 3. The molecule has 210 valence electrons. The van der Waals surface area contributed by atoms with Gasteiger partial charge in [0, 0.05) is 18.0 Å². The second-order valence-corrected chi connectivity index (χ2v) is 12.9. The fourth-order valence-electron chi connectivity index (χ4n) is 5.15. The first-order chi connectivity index (χ1) is 19.0. The van der Waals surface area contributed by atoms with Crippen LogP contribution in [-0.2, 0) is 10.0 Å². The first-order valence-electron chi connectivity index (χ1n) is 12.5. The molecule has 1 aliphatic carbocycles. The molecule has 0 radical (unpaired) electrons. The van der Waals surface area contributed by atoms with E-state index in [-0.39, 0.29) is 22.6 Å². The average molecular weight is 592 g/mol. The molecule has 3 aromatic heterocycles. The molecular formula is C24H24F3N9O2S2. The Bertz CT molecular complexity index is 1760. The van der Waals surface area contributed by atoms with E-state index in [2.05, 4.69) is 24.9 Å². The molecule has 4 aromatic rings. The van der Waals surface area contributed by atoms with Crippen LogP contribution in [-0.4, -0.2) is 83.0 Å². The Morgan fingerprint density at radius 3 is 2.65 bits per heavy atom. The van der Waals surface area contributed by atoms with Gasteiger partial charge in [0.05, 0.1) is 28.4 Å². The van der Waals surface area contributed by atoms with Crippen molar-refractivity contribution >= 4 is 49.1 Å². The van der Waals surface area contributed by atoms with Gasteiger partial charge in [-0.3, -0.25) is 4.57 Å². The molecule has 1 aliphatic heterocycles. The molecule has 16 heteroatoms. The van der Waals surface area contributed by atoms with Crippen LogP contribution in [0.1, 0.15) is 30.7 Å². The van der Waals surface area contributed by atoms with Crippen LogP contribution in [0.5, 0.6) is 0 Å². The zero-order chi connectivity index (χ0) is 28.4. The van der Waals surface area contributed by atoms with E-state index in [4.69, 9.17) is 0 Å². The smallest absolute Gasteiger partial charge is 0.291 e. The van der Waals surface area contributed by atoms with Crippen molar-refractivity contribution in [3.8, 4) is 11.2 Å². The van der Waals surface area contributed by atoms with Crippen LogP contribution in [0.3, 0.4) is 0 Å². The van der Waals surface area contributed by atoms with Crippen LogP contribution in [0.25, 0.3) is 27.1 Å². The molecule has 40 heavy (non-hydrogen) atoms. The number of piperidine rings is 1. The van der Waals surface area contributed by atoms with Gasteiger partial charge in [-0.25, -0.2) is 31.6 Å². The van der Waals surface area contributed by atoms with Gasteiger partial charge in [-0.1, -0.05) is 17.4 Å². The standard InChI is InChI=1S/C24H24F3N9O2S2/c1-34(2)16-5-8-35(10-15(16)25)20-18-14-4-3-13(40(37,38)33-24(11-28)6-7-24)9-17(14)36(21(18)30-12-29-20)23-32-31-22(39-23)19(26)27/h3-4,9,12,15-16,19,33H,5-8,10H2,1-2H3/t15-,16?/m0/s1. The van der Waals surface area contributed by atoms with E-state index < -0.39 is 33.2 Å². The third kappa shape index (κ3) is 4.46. The zero-order valence-corrected chi connectivity index (χ0v) is 23.1. The minimum atomic E-state index is -4.10. The number of nitrogens with zero attached hydrogens (tertiary/aromatic N) is 8. The lowest BCUT2D eigenvalue weighted by Crippen LogP contribution is -2.50. The first kappa shape index (κ1) is 26.8. The number of hydrogen-bond acceptors (Lipinski definition) is 10. The number of fused-ring (bicyclic) bond motifs is 3. The summed E-state index contributed by atoms with van der Waals surface area (Å²) in [5.41, 5.74) is -0.523. The summed E-state index contributed by atoms with van der Waals surface area (Å²) >= 11 is 0.654. The summed E-state index contributed by atoms with van der Waals surface area (Å²) in [6.45, 7) is 0.603. The van der Waals surface area contributed by atoms with E-state index in [1.54, 1.807) is 6.07 Å². The molecule has 1 saturated heterocycles. The van der Waals surface area contributed by atoms with E-state index >= 15 is 4.39 Å². The number of nitriles is 1. The Kier molecular flexibility index (Phi) is 6.44. The van der Waals surface area contributed by atoms with Crippen molar-refractivity contribution in [3.05, 3.63) is 29.5 Å². The lowest BCUT2D eigenvalue weighted by molar-refractivity contribution is 0.136. The van der Waals surface area contributed by atoms with Gasteiger partial charge in [-0.2, -0.15) is 9.98 Å². The van der Waals surface area contributed by atoms with Crippen molar-refractivity contribution in [2.75, 3.05) is 32.1 Å². The predicted molar refractivity (Wildman–Crippen MR) is 142 cm³/mol. The minimum Gasteiger partial charge on any atom is -0.353 e. The molecule has 11 nitrogen and oxygen atoms in total. The highest BCUT2D eigenvalue weighted by atomic mass is 32.2. The molecule has 4 heterocycles. The van der Waals surface area contributed by atoms with E-state index in [1.807, 2.05) is 30.0 Å². The summed E-state index contributed by atoms with van der Waals surface area (Å²) < 4.78 is 72.3. The fraction of sp³-hybridized carbons (Fsp3) is 0.458. The fourth-order valence-corrected chi connectivity index (χ4v) is 7.26. The molecule has 0 bridgehead atoms. The van der Waals surface area contributed by atoms with Crippen molar-refractivity contribution in [1.29, 1.82) is 5.26 Å². The van der Waals surface area contributed by atoms with E-state index in [1.165, 1.54) is 23.0 Å². The number of sulfonamides is 1. The van der Waals surface area contributed by atoms with Gasteiger partial charge in [0.2, 0.25) is 15.2 Å².